The minimum absolute atomic E-state index is 0.0914. The monoisotopic (exact) mass is 390 g/mol. The van der Waals surface area contributed by atoms with Gasteiger partial charge in [0.2, 0.25) is 0 Å². The summed E-state index contributed by atoms with van der Waals surface area (Å²) in [4.78, 5) is 6.68. The third-order valence-electron chi connectivity index (χ3n) is 5.29. The molecule has 0 saturated carbocycles. The van der Waals surface area contributed by atoms with Crippen LogP contribution in [-0.2, 0) is 16.0 Å². The number of morpholine rings is 1. The third-order valence-corrected chi connectivity index (χ3v) is 5.29. The summed E-state index contributed by atoms with van der Waals surface area (Å²) in [5, 5.41) is 6.74. The lowest BCUT2D eigenvalue weighted by molar-refractivity contribution is 0.0243. The lowest BCUT2D eigenvalue weighted by Gasteiger charge is -2.26. The molecule has 7 nitrogen and oxygen atoms in total. The number of aliphatic imine (C=N–C) groups is 1. The van der Waals surface area contributed by atoms with Crippen molar-refractivity contribution < 1.29 is 14.2 Å². The first-order valence-corrected chi connectivity index (χ1v) is 10.3. The molecule has 2 fully saturated rings. The molecule has 28 heavy (non-hydrogen) atoms. The summed E-state index contributed by atoms with van der Waals surface area (Å²) in [7, 11) is 1.79. The molecule has 0 aromatic heterocycles. The zero-order valence-electron chi connectivity index (χ0n) is 17.2. The van der Waals surface area contributed by atoms with Crippen LogP contribution in [0.15, 0.2) is 29.3 Å². The highest BCUT2D eigenvalue weighted by molar-refractivity contribution is 5.79. The van der Waals surface area contributed by atoms with Crippen molar-refractivity contribution >= 4 is 5.96 Å². The molecular formula is C21H34N4O3. The van der Waals surface area contributed by atoms with E-state index in [1.807, 2.05) is 12.1 Å². The molecule has 2 aliphatic heterocycles. The molecule has 2 aliphatic rings. The largest absolute Gasteiger partial charge is 0.492 e. The number of benzene rings is 1. The predicted molar refractivity (Wildman–Crippen MR) is 111 cm³/mol. The van der Waals surface area contributed by atoms with E-state index in [0.29, 0.717) is 13.2 Å². The van der Waals surface area contributed by atoms with Crippen molar-refractivity contribution in [2.24, 2.45) is 4.99 Å². The summed E-state index contributed by atoms with van der Waals surface area (Å²) in [5.41, 5.74) is 1.07. The highest BCUT2D eigenvalue weighted by Gasteiger charge is 2.29. The molecule has 2 heterocycles. The minimum atomic E-state index is -0.0914. The van der Waals surface area contributed by atoms with E-state index in [1.54, 1.807) is 7.05 Å². The molecule has 0 aliphatic carbocycles. The van der Waals surface area contributed by atoms with Gasteiger partial charge in [0.25, 0.3) is 0 Å². The summed E-state index contributed by atoms with van der Waals surface area (Å²) < 4.78 is 17.1. The Morgan fingerprint density at radius 1 is 1.25 bits per heavy atom. The van der Waals surface area contributed by atoms with Gasteiger partial charge in [-0.2, -0.15) is 0 Å². The first kappa shape index (κ1) is 20.9. The second-order valence-corrected chi connectivity index (χ2v) is 7.63. The number of ether oxygens (including phenoxy) is 3. The summed E-state index contributed by atoms with van der Waals surface area (Å²) >= 11 is 0. The number of hydrogen-bond donors (Lipinski definition) is 2. The van der Waals surface area contributed by atoms with Gasteiger partial charge in [0.1, 0.15) is 12.4 Å². The van der Waals surface area contributed by atoms with E-state index in [4.69, 9.17) is 14.2 Å². The molecule has 1 aromatic rings. The molecule has 0 amide bonds. The Morgan fingerprint density at radius 2 is 2.11 bits per heavy atom. The molecule has 7 heteroatoms. The van der Waals surface area contributed by atoms with Crippen molar-refractivity contribution in [1.29, 1.82) is 0 Å². The van der Waals surface area contributed by atoms with E-state index in [-0.39, 0.29) is 5.60 Å². The molecule has 1 aromatic carbocycles. The topological polar surface area (TPSA) is 67.4 Å². The lowest BCUT2D eigenvalue weighted by Crippen LogP contribution is -2.45. The Balaban J connectivity index is 1.40. The van der Waals surface area contributed by atoms with Gasteiger partial charge in [-0.05, 0) is 37.5 Å². The summed E-state index contributed by atoms with van der Waals surface area (Å²) in [6.07, 6.45) is 2.21. The number of nitrogens with zero attached hydrogens (tertiary/aromatic N) is 2. The van der Waals surface area contributed by atoms with E-state index in [0.717, 1.165) is 76.1 Å². The van der Waals surface area contributed by atoms with Crippen LogP contribution in [0.4, 0.5) is 0 Å². The van der Waals surface area contributed by atoms with Gasteiger partial charge in [-0.1, -0.05) is 12.1 Å². The van der Waals surface area contributed by atoms with Crippen LogP contribution in [0.3, 0.4) is 0 Å². The molecule has 0 radical (unpaired) electrons. The summed E-state index contributed by atoms with van der Waals surface area (Å²) in [5.74, 6) is 1.69. The van der Waals surface area contributed by atoms with Crippen LogP contribution in [0.2, 0.25) is 0 Å². The molecule has 2 N–H and O–H groups in total. The van der Waals surface area contributed by atoms with E-state index >= 15 is 0 Å². The van der Waals surface area contributed by atoms with Gasteiger partial charge >= 0.3 is 0 Å². The Kier molecular flexibility index (Phi) is 7.94. The SMILES string of the molecule is CN=C(NCc1cccc(OCCN2CCOCC2)c1)NCC1(C)CCCO1. The zero-order chi connectivity index (χ0) is 19.7. The molecular weight excluding hydrogens is 356 g/mol. The van der Waals surface area contributed by atoms with E-state index in [1.165, 1.54) is 0 Å². The van der Waals surface area contributed by atoms with Gasteiger partial charge in [0.05, 0.1) is 18.8 Å². The molecule has 1 unspecified atom stereocenters. The number of nitrogens with one attached hydrogen (secondary N) is 2. The van der Waals surface area contributed by atoms with Gasteiger partial charge in [-0.15, -0.1) is 0 Å². The third kappa shape index (κ3) is 6.65. The smallest absolute Gasteiger partial charge is 0.191 e. The van der Waals surface area contributed by atoms with Crippen molar-refractivity contribution in [2.45, 2.75) is 31.9 Å². The Morgan fingerprint density at radius 3 is 2.86 bits per heavy atom. The quantitative estimate of drug-likeness (QED) is 0.520. The lowest BCUT2D eigenvalue weighted by atomic mass is 10.0. The van der Waals surface area contributed by atoms with Gasteiger partial charge in [0.15, 0.2) is 5.96 Å². The zero-order valence-corrected chi connectivity index (χ0v) is 17.2. The van der Waals surface area contributed by atoms with Crippen LogP contribution in [0.25, 0.3) is 0 Å². The second-order valence-electron chi connectivity index (χ2n) is 7.63. The molecule has 1 atom stereocenters. The first-order valence-electron chi connectivity index (χ1n) is 10.3. The van der Waals surface area contributed by atoms with Crippen LogP contribution in [0, 0.1) is 0 Å². The Bertz CT molecular complexity index is 626. The highest BCUT2D eigenvalue weighted by atomic mass is 16.5. The molecule has 156 valence electrons. The van der Waals surface area contributed by atoms with E-state index < -0.39 is 0 Å². The van der Waals surface area contributed by atoms with Gasteiger partial charge < -0.3 is 24.8 Å². The van der Waals surface area contributed by atoms with Crippen molar-refractivity contribution in [2.75, 3.05) is 59.7 Å². The normalized spacial score (nSPS) is 23.6. The Hall–Kier alpha value is -1.83. The maximum Gasteiger partial charge on any atom is 0.191 e. The van der Waals surface area contributed by atoms with E-state index in [2.05, 4.69) is 39.6 Å². The van der Waals surface area contributed by atoms with Gasteiger partial charge in [-0.25, -0.2) is 0 Å². The van der Waals surface area contributed by atoms with Crippen LogP contribution in [-0.4, -0.2) is 76.1 Å². The first-order chi connectivity index (χ1) is 13.7. The maximum absolute atomic E-state index is 5.94. The molecule has 0 spiro atoms. The average molecular weight is 391 g/mol. The number of guanidine groups is 1. The fourth-order valence-electron chi connectivity index (χ4n) is 3.52. The standard InChI is InChI=1S/C21H34N4O3/c1-21(7-4-11-28-21)17-24-20(22-2)23-16-18-5-3-6-19(15-18)27-14-10-25-8-12-26-13-9-25/h3,5-6,15H,4,7-14,16-17H2,1-2H3,(H2,22,23,24). The Labute approximate surface area is 168 Å². The van der Waals surface area contributed by atoms with Gasteiger partial charge in [-0.3, -0.25) is 9.89 Å². The van der Waals surface area contributed by atoms with Crippen LogP contribution in [0.5, 0.6) is 5.75 Å². The van der Waals surface area contributed by atoms with Crippen LogP contribution >= 0.6 is 0 Å². The summed E-state index contributed by atoms with van der Waals surface area (Å²) in [6.45, 7) is 9.70. The number of hydrogen-bond acceptors (Lipinski definition) is 5. The maximum atomic E-state index is 5.94. The van der Waals surface area contributed by atoms with Crippen molar-refractivity contribution in [1.82, 2.24) is 15.5 Å². The molecule has 2 saturated heterocycles. The highest BCUT2D eigenvalue weighted by Crippen LogP contribution is 2.23. The second kappa shape index (κ2) is 10.6. The molecule has 0 bridgehead atoms. The summed E-state index contributed by atoms with van der Waals surface area (Å²) in [6, 6.07) is 8.22. The van der Waals surface area contributed by atoms with E-state index in [9.17, 15) is 0 Å². The fourth-order valence-corrected chi connectivity index (χ4v) is 3.52. The fraction of sp³-hybridized carbons (Fsp3) is 0.667. The number of rotatable bonds is 8. The van der Waals surface area contributed by atoms with Crippen molar-refractivity contribution in [3.05, 3.63) is 29.8 Å². The average Bonchev–Trinajstić information content (AvgIpc) is 3.16. The predicted octanol–water partition coefficient (Wildman–Crippen LogP) is 1.63. The van der Waals surface area contributed by atoms with Crippen LogP contribution in [0.1, 0.15) is 25.3 Å². The van der Waals surface area contributed by atoms with Crippen molar-refractivity contribution in [3.63, 3.8) is 0 Å². The molecule has 3 rings (SSSR count). The minimum Gasteiger partial charge on any atom is -0.492 e. The van der Waals surface area contributed by atoms with Crippen LogP contribution < -0.4 is 15.4 Å². The van der Waals surface area contributed by atoms with Gasteiger partial charge in [0, 0.05) is 46.4 Å². The van der Waals surface area contributed by atoms with Crippen molar-refractivity contribution in [3.8, 4) is 5.75 Å².